The summed E-state index contributed by atoms with van der Waals surface area (Å²) < 4.78 is 48.1. The lowest BCUT2D eigenvalue weighted by Gasteiger charge is -2.33. The van der Waals surface area contributed by atoms with Gasteiger partial charge in [0.2, 0.25) is 11.8 Å². The minimum atomic E-state index is -4.33. The van der Waals surface area contributed by atoms with E-state index in [0.29, 0.717) is 34.5 Å². The Hall–Kier alpha value is -3.34. The highest BCUT2D eigenvalue weighted by Gasteiger charge is 2.34. The smallest absolute Gasteiger partial charge is 0.264 e. The van der Waals surface area contributed by atoms with Gasteiger partial charge < -0.3 is 15.0 Å². The second-order valence-corrected chi connectivity index (χ2v) is 12.4. The number of halogens is 3. The van der Waals surface area contributed by atoms with Gasteiger partial charge >= 0.3 is 0 Å². The van der Waals surface area contributed by atoms with Crippen molar-refractivity contribution in [1.82, 2.24) is 10.2 Å². The summed E-state index contributed by atoms with van der Waals surface area (Å²) >= 11 is 12.9. The molecule has 3 aromatic carbocycles. The van der Waals surface area contributed by atoms with Gasteiger partial charge in [-0.05, 0) is 80.4 Å². The van der Waals surface area contributed by atoms with Crippen molar-refractivity contribution < 1.29 is 27.1 Å². The third-order valence-electron chi connectivity index (χ3n) is 6.72. The van der Waals surface area contributed by atoms with Gasteiger partial charge in [-0.1, -0.05) is 49.5 Å². The molecular weight excluding hydrogens is 616 g/mol. The van der Waals surface area contributed by atoms with Crippen molar-refractivity contribution in [1.29, 1.82) is 0 Å². The molecule has 0 aliphatic carbocycles. The first kappa shape index (κ1) is 34.2. The van der Waals surface area contributed by atoms with E-state index in [9.17, 15) is 22.4 Å². The van der Waals surface area contributed by atoms with Crippen molar-refractivity contribution in [3.8, 4) is 5.75 Å². The number of anilines is 1. The van der Waals surface area contributed by atoms with Crippen LogP contribution in [0.1, 0.15) is 45.6 Å². The molecule has 0 aliphatic heterocycles. The van der Waals surface area contributed by atoms with Crippen LogP contribution in [0.25, 0.3) is 0 Å². The Kier molecular flexibility index (Phi) is 12.7. The zero-order valence-electron chi connectivity index (χ0n) is 24.4. The zero-order chi connectivity index (χ0) is 31.6. The Balaban J connectivity index is 2.06. The molecule has 3 aromatic rings. The highest BCUT2D eigenvalue weighted by Crippen LogP contribution is 2.29. The van der Waals surface area contributed by atoms with E-state index in [0.717, 1.165) is 29.3 Å². The van der Waals surface area contributed by atoms with Crippen LogP contribution >= 0.6 is 23.2 Å². The minimum Gasteiger partial charge on any atom is -0.494 e. The monoisotopic (exact) mass is 651 g/mol. The van der Waals surface area contributed by atoms with E-state index in [-0.39, 0.29) is 29.5 Å². The second-order valence-electron chi connectivity index (χ2n) is 9.68. The van der Waals surface area contributed by atoms with Crippen molar-refractivity contribution in [2.24, 2.45) is 0 Å². The third kappa shape index (κ3) is 8.84. The van der Waals surface area contributed by atoms with Crippen molar-refractivity contribution >= 4 is 50.7 Å². The number of nitrogens with one attached hydrogen (secondary N) is 1. The van der Waals surface area contributed by atoms with Gasteiger partial charge in [-0.2, -0.15) is 0 Å². The van der Waals surface area contributed by atoms with E-state index in [2.05, 4.69) is 5.32 Å². The van der Waals surface area contributed by atoms with E-state index in [1.165, 1.54) is 41.3 Å². The molecule has 43 heavy (non-hydrogen) atoms. The molecular formula is C31H36Cl2FN3O5S. The van der Waals surface area contributed by atoms with Gasteiger partial charge in [0.1, 0.15) is 24.2 Å². The molecule has 3 rings (SSSR count). The molecule has 0 fully saturated rings. The normalized spacial score (nSPS) is 12.0. The number of hydrogen-bond acceptors (Lipinski definition) is 5. The first-order chi connectivity index (χ1) is 20.5. The number of amides is 2. The number of carbonyl (C=O) groups excluding carboxylic acids is 2. The fraction of sp³-hybridized carbons (Fsp3) is 0.355. The van der Waals surface area contributed by atoms with Crippen LogP contribution in [0.4, 0.5) is 10.1 Å². The molecule has 1 unspecified atom stereocenters. The summed E-state index contributed by atoms with van der Waals surface area (Å²) in [4.78, 5) is 28.6. The van der Waals surface area contributed by atoms with Crippen LogP contribution in [0.5, 0.6) is 5.75 Å². The van der Waals surface area contributed by atoms with Crippen LogP contribution in [0, 0.1) is 5.82 Å². The van der Waals surface area contributed by atoms with Crippen molar-refractivity contribution in [3.63, 3.8) is 0 Å². The molecule has 1 atom stereocenters. The molecule has 0 saturated heterocycles. The van der Waals surface area contributed by atoms with Crippen LogP contribution in [-0.2, 0) is 26.2 Å². The fourth-order valence-electron chi connectivity index (χ4n) is 4.42. The van der Waals surface area contributed by atoms with Gasteiger partial charge in [-0.25, -0.2) is 12.8 Å². The Bertz CT molecular complexity index is 1470. The number of benzene rings is 3. The van der Waals surface area contributed by atoms with Gasteiger partial charge in [0.25, 0.3) is 10.0 Å². The lowest BCUT2D eigenvalue weighted by molar-refractivity contribution is -0.140. The number of ether oxygens (including phenoxy) is 1. The average molecular weight is 653 g/mol. The maximum absolute atomic E-state index is 14.1. The zero-order valence-corrected chi connectivity index (χ0v) is 26.7. The number of carbonyl (C=O) groups is 2. The Morgan fingerprint density at radius 2 is 1.58 bits per heavy atom. The Morgan fingerprint density at radius 3 is 2.14 bits per heavy atom. The highest BCUT2D eigenvalue weighted by atomic mass is 35.5. The fourth-order valence-corrected chi connectivity index (χ4v) is 6.35. The van der Waals surface area contributed by atoms with E-state index >= 15 is 0 Å². The van der Waals surface area contributed by atoms with Crippen molar-refractivity contribution in [2.45, 2.75) is 57.5 Å². The van der Waals surface area contributed by atoms with Crippen molar-refractivity contribution in [3.05, 3.63) is 88.2 Å². The van der Waals surface area contributed by atoms with Gasteiger partial charge in [0, 0.05) is 28.7 Å². The summed E-state index contributed by atoms with van der Waals surface area (Å²) in [5, 5.41) is 3.45. The molecule has 0 aromatic heterocycles. The van der Waals surface area contributed by atoms with E-state index in [4.69, 9.17) is 27.9 Å². The number of unbranched alkanes of at least 4 members (excludes halogenated alkanes) is 1. The minimum absolute atomic E-state index is 0.0693. The van der Waals surface area contributed by atoms with E-state index < -0.39 is 34.3 Å². The maximum atomic E-state index is 14.1. The predicted octanol–water partition coefficient (Wildman–Crippen LogP) is 6.45. The molecule has 2 amide bonds. The molecule has 0 saturated carbocycles. The summed E-state index contributed by atoms with van der Waals surface area (Å²) in [6, 6.07) is 14.5. The SMILES string of the molecule is CCCCNC(=O)C(CC)N(Cc1c(Cl)cccc1Cl)C(=O)CN(c1ccc(F)cc1)S(=O)(=O)c1ccc(OCC)cc1. The van der Waals surface area contributed by atoms with Crippen LogP contribution in [0.15, 0.2) is 71.6 Å². The molecule has 8 nitrogen and oxygen atoms in total. The van der Waals surface area contributed by atoms with E-state index in [1.54, 1.807) is 25.1 Å². The number of hydrogen-bond donors (Lipinski definition) is 1. The quantitative estimate of drug-likeness (QED) is 0.191. The molecule has 1 N–H and O–H groups in total. The summed E-state index contributed by atoms with van der Waals surface area (Å²) in [7, 11) is -4.33. The molecule has 0 bridgehead atoms. The summed E-state index contributed by atoms with van der Waals surface area (Å²) in [6.45, 7) is 5.56. The molecule has 0 heterocycles. The maximum Gasteiger partial charge on any atom is 0.264 e. The number of rotatable bonds is 15. The van der Waals surface area contributed by atoms with E-state index in [1.807, 2.05) is 13.8 Å². The average Bonchev–Trinajstić information content (AvgIpc) is 2.98. The van der Waals surface area contributed by atoms with Crippen LogP contribution in [0.2, 0.25) is 10.0 Å². The molecule has 0 spiro atoms. The van der Waals surface area contributed by atoms with Gasteiger partial charge in [0.05, 0.1) is 17.2 Å². The first-order valence-corrected chi connectivity index (χ1v) is 16.2. The van der Waals surface area contributed by atoms with Gasteiger partial charge in [0.15, 0.2) is 0 Å². The summed E-state index contributed by atoms with van der Waals surface area (Å²) in [5.41, 5.74) is 0.488. The standard InChI is InChI=1S/C31H36Cl2FN3O5S/c1-4-7-19-35-31(39)29(5-2)36(20-26-27(32)9-8-10-28(26)33)30(38)21-37(23-13-11-22(34)12-14-23)43(40,41)25-17-15-24(16-18-25)42-6-3/h8-18,29H,4-7,19-21H2,1-3H3,(H,35,39). The summed E-state index contributed by atoms with van der Waals surface area (Å²) in [5.74, 6) is -1.14. The predicted molar refractivity (Wildman–Crippen MR) is 168 cm³/mol. The molecule has 12 heteroatoms. The van der Waals surface area contributed by atoms with Crippen LogP contribution < -0.4 is 14.4 Å². The second kappa shape index (κ2) is 15.9. The lowest BCUT2D eigenvalue weighted by atomic mass is 10.1. The number of nitrogens with zero attached hydrogens (tertiary/aromatic N) is 2. The molecule has 0 radical (unpaired) electrons. The number of sulfonamides is 1. The molecule has 232 valence electrons. The molecule has 0 aliphatic rings. The van der Waals surface area contributed by atoms with Gasteiger partial charge in [-0.15, -0.1) is 0 Å². The third-order valence-corrected chi connectivity index (χ3v) is 9.22. The van der Waals surface area contributed by atoms with Crippen LogP contribution in [-0.4, -0.2) is 50.9 Å². The highest BCUT2D eigenvalue weighted by molar-refractivity contribution is 7.92. The van der Waals surface area contributed by atoms with Gasteiger partial charge in [-0.3, -0.25) is 13.9 Å². The Labute approximate surface area is 262 Å². The Morgan fingerprint density at radius 1 is 0.953 bits per heavy atom. The van der Waals surface area contributed by atoms with Crippen LogP contribution in [0.3, 0.4) is 0 Å². The first-order valence-electron chi connectivity index (χ1n) is 14.0. The van der Waals surface area contributed by atoms with Crippen molar-refractivity contribution in [2.75, 3.05) is 24.0 Å². The largest absolute Gasteiger partial charge is 0.494 e. The summed E-state index contributed by atoms with van der Waals surface area (Å²) in [6.07, 6.45) is 1.87. The lowest BCUT2D eigenvalue weighted by Crippen LogP contribution is -2.52. The topological polar surface area (TPSA) is 96.0 Å².